The van der Waals surface area contributed by atoms with E-state index >= 15 is 0 Å². The molecule has 2 saturated heterocycles. The normalized spacial score (nSPS) is 27.8. The predicted molar refractivity (Wildman–Crippen MR) is 72.0 cm³/mol. The van der Waals surface area contributed by atoms with Crippen molar-refractivity contribution in [2.24, 2.45) is 11.7 Å². The SMILES string of the molecule is NC(=S)C(CN1CCN2CCCCC2C1)C(F)(F)F. The van der Waals surface area contributed by atoms with Crippen molar-refractivity contribution in [1.29, 1.82) is 0 Å². The van der Waals surface area contributed by atoms with E-state index in [0.717, 1.165) is 19.5 Å². The van der Waals surface area contributed by atoms with Crippen LogP contribution < -0.4 is 5.73 Å². The number of piperazine rings is 1. The molecule has 2 aliphatic heterocycles. The number of thiocarbonyl (C=S) groups is 1. The van der Waals surface area contributed by atoms with Crippen molar-refractivity contribution in [3.8, 4) is 0 Å². The van der Waals surface area contributed by atoms with E-state index in [4.69, 9.17) is 5.73 Å². The van der Waals surface area contributed by atoms with Crippen molar-refractivity contribution in [2.45, 2.75) is 31.5 Å². The number of fused-ring (bicyclic) bond motifs is 1. The smallest absolute Gasteiger partial charge is 0.393 e. The maximum Gasteiger partial charge on any atom is 0.399 e. The Morgan fingerprint density at radius 3 is 2.63 bits per heavy atom. The molecule has 0 aliphatic carbocycles. The average Bonchev–Trinajstić information content (AvgIpc) is 2.34. The quantitative estimate of drug-likeness (QED) is 0.802. The Labute approximate surface area is 116 Å². The zero-order chi connectivity index (χ0) is 14.0. The van der Waals surface area contributed by atoms with Crippen LogP contribution in [0.25, 0.3) is 0 Å². The number of halogens is 3. The van der Waals surface area contributed by atoms with Gasteiger partial charge in [0.25, 0.3) is 0 Å². The van der Waals surface area contributed by atoms with E-state index < -0.39 is 17.1 Å². The second-order valence-electron chi connectivity index (χ2n) is 5.44. The summed E-state index contributed by atoms with van der Waals surface area (Å²) in [5.74, 6) is -1.68. The average molecular weight is 295 g/mol. The molecule has 110 valence electrons. The summed E-state index contributed by atoms with van der Waals surface area (Å²) < 4.78 is 38.6. The molecule has 0 aromatic carbocycles. The minimum Gasteiger partial charge on any atom is -0.393 e. The molecule has 2 fully saturated rings. The third kappa shape index (κ3) is 3.79. The van der Waals surface area contributed by atoms with E-state index in [0.29, 0.717) is 19.1 Å². The van der Waals surface area contributed by atoms with E-state index in [-0.39, 0.29) is 6.54 Å². The summed E-state index contributed by atoms with van der Waals surface area (Å²) in [6.07, 6.45) is -0.878. The fourth-order valence-electron chi connectivity index (χ4n) is 3.00. The summed E-state index contributed by atoms with van der Waals surface area (Å²) in [4.78, 5) is 3.81. The van der Waals surface area contributed by atoms with Gasteiger partial charge in [0.15, 0.2) is 0 Å². The van der Waals surface area contributed by atoms with Crippen LogP contribution in [0.15, 0.2) is 0 Å². The number of nitrogens with zero attached hydrogens (tertiary/aromatic N) is 2. The summed E-state index contributed by atoms with van der Waals surface area (Å²) in [5.41, 5.74) is 5.25. The lowest BCUT2D eigenvalue weighted by atomic mass is 9.98. The van der Waals surface area contributed by atoms with Gasteiger partial charge in [0, 0.05) is 32.2 Å². The van der Waals surface area contributed by atoms with Crippen molar-refractivity contribution < 1.29 is 13.2 Å². The van der Waals surface area contributed by atoms with Crippen molar-refractivity contribution in [2.75, 3.05) is 32.7 Å². The molecule has 0 saturated carbocycles. The molecule has 0 amide bonds. The molecular formula is C12H20F3N3S. The monoisotopic (exact) mass is 295 g/mol. The number of hydrogen-bond acceptors (Lipinski definition) is 3. The highest BCUT2D eigenvalue weighted by molar-refractivity contribution is 7.80. The molecule has 2 N–H and O–H groups in total. The van der Waals surface area contributed by atoms with E-state index in [2.05, 4.69) is 17.1 Å². The summed E-state index contributed by atoms with van der Waals surface area (Å²) in [6, 6.07) is 0.405. The second kappa shape index (κ2) is 5.93. The minimum atomic E-state index is -4.34. The molecule has 19 heavy (non-hydrogen) atoms. The molecule has 2 unspecified atom stereocenters. The maximum absolute atomic E-state index is 12.9. The first-order chi connectivity index (χ1) is 8.88. The molecular weight excluding hydrogens is 275 g/mol. The van der Waals surface area contributed by atoms with Gasteiger partial charge in [-0.05, 0) is 19.4 Å². The van der Waals surface area contributed by atoms with E-state index in [9.17, 15) is 13.2 Å². The van der Waals surface area contributed by atoms with Gasteiger partial charge in [-0.25, -0.2) is 0 Å². The highest BCUT2D eigenvalue weighted by Crippen LogP contribution is 2.29. The number of nitrogens with two attached hydrogens (primary N) is 1. The Bertz CT molecular complexity index is 335. The van der Waals surface area contributed by atoms with Gasteiger partial charge in [0.2, 0.25) is 0 Å². The Hall–Kier alpha value is -0.400. The predicted octanol–water partition coefficient (Wildman–Crippen LogP) is 1.62. The fraction of sp³-hybridized carbons (Fsp3) is 0.917. The molecule has 0 bridgehead atoms. The lowest BCUT2D eigenvalue weighted by Crippen LogP contribution is -2.57. The Kier molecular flexibility index (Phi) is 4.68. The van der Waals surface area contributed by atoms with Crippen LogP contribution in [-0.4, -0.2) is 59.7 Å². The van der Waals surface area contributed by atoms with Gasteiger partial charge in [-0.3, -0.25) is 9.80 Å². The highest BCUT2D eigenvalue weighted by Gasteiger charge is 2.43. The van der Waals surface area contributed by atoms with Gasteiger partial charge in [-0.2, -0.15) is 13.2 Å². The van der Waals surface area contributed by atoms with Crippen LogP contribution in [0.5, 0.6) is 0 Å². The van der Waals surface area contributed by atoms with Crippen molar-refractivity contribution in [1.82, 2.24) is 9.80 Å². The fourth-order valence-corrected chi connectivity index (χ4v) is 3.21. The third-order valence-electron chi connectivity index (χ3n) is 4.10. The Morgan fingerprint density at radius 1 is 1.26 bits per heavy atom. The number of hydrogen-bond donors (Lipinski definition) is 1. The standard InChI is InChI=1S/C12H20F3N3S/c13-12(14,15)10(11(16)19)8-17-5-6-18-4-2-1-3-9(18)7-17/h9-10H,1-8H2,(H2,16,19). The first-order valence-electron chi connectivity index (χ1n) is 6.70. The molecule has 2 atom stereocenters. The van der Waals surface area contributed by atoms with Gasteiger partial charge in [-0.15, -0.1) is 0 Å². The molecule has 2 aliphatic rings. The van der Waals surface area contributed by atoms with Crippen molar-refractivity contribution in [3.63, 3.8) is 0 Å². The van der Waals surface area contributed by atoms with Crippen LogP contribution in [0, 0.1) is 5.92 Å². The van der Waals surface area contributed by atoms with Crippen LogP contribution in [0.4, 0.5) is 13.2 Å². The van der Waals surface area contributed by atoms with Crippen molar-refractivity contribution >= 4 is 17.2 Å². The maximum atomic E-state index is 12.9. The van der Waals surface area contributed by atoms with Gasteiger partial charge in [0.05, 0.1) is 4.99 Å². The molecule has 0 aromatic rings. The zero-order valence-electron chi connectivity index (χ0n) is 10.8. The third-order valence-corrected chi connectivity index (χ3v) is 4.39. The highest BCUT2D eigenvalue weighted by atomic mass is 32.1. The number of piperidine rings is 1. The molecule has 2 rings (SSSR count). The molecule has 3 nitrogen and oxygen atoms in total. The van der Waals surface area contributed by atoms with Crippen molar-refractivity contribution in [3.05, 3.63) is 0 Å². The Balaban J connectivity index is 1.93. The van der Waals surface area contributed by atoms with Gasteiger partial charge in [-0.1, -0.05) is 18.6 Å². The molecule has 2 heterocycles. The van der Waals surface area contributed by atoms with Crippen LogP contribution in [-0.2, 0) is 0 Å². The zero-order valence-corrected chi connectivity index (χ0v) is 11.6. The first kappa shape index (κ1) is 15.0. The second-order valence-corrected chi connectivity index (χ2v) is 5.91. The van der Waals surface area contributed by atoms with Crippen LogP contribution in [0.3, 0.4) is 0 Å². The minimum absolute atomic E-state index is 0.0941. The summed E-state index contributed by atoms with van der Waals surface area (Å²) in [6.45, 7) is 3.22. The molecule has 0 radical (unpaired) electrons. The van der Waals surface area contributed by atoms with E-state index in [1.807, 2.05) is 4.90 Å². The number of rotatable bonds is 3. The first-order valence-corrected chi connectivity index (χ1v) is 7.11. The lowest BCUT2D eigenvalue weighted by molar-refractivity contribution is -0.161. The van der Waals surface area contributed by atoms with E-state index in [1.54, 1.807) is 0 Å². The molecule has 0 spiro atoms. The summed E-state index contributed by atoms with van der Waals surface area (Å²) in [7, 11) is 0. The number of alkyl halides is 3. The van der Waals surface area contributed by atoms with Crippen LogP contribution in [0.1, 0.15) is 19.3 Å². The molecule has 0 aromatic heterocycles. The van der Waals surface area contributed by atoms with Crippen LogP contribution >= 0.6 is 12.2 Å². The summed E-state index contributed by atoms with van der Waals surface area (Å²) in [5, 5.41) is 0. The van der Waals surface area contributed by atoms with Gasteiger partial charge >= 0.3 is 6.18 Å². The van der Waals surface area contributed by atoms with Gasteiger partial charge < -0.3 is 5.73 Å². The Morgan fingerprint density at radius 2 is 2.00 bits per heavy atom. The van der Waals surface area contributed by atoms with E-state index in [1.165, 1.54) is 12.8 Å². The van der Waals surface area contributed by atoms with Gasteiger partial charge in [0.1, 0.15) is 5.92 Å². The summed E-state index contributed by atoms with van der Waals surface area (Å²) >= 11 is 4.57. The topological polar surface area (TPSA) is 32.5 Å². The molecule has 7 heteroatoms. The van der Waals surface area contributed by atoms with Crippen LogP contribution in [0.2, 0.25) is 0 Å². The lowest BCUT2D eigenvalue weighted by Gasteiger charge is -2.44. The largest absolute Gasteiger partial charge is 0.399 e.